The van der Waals surface area contributed by atoms with E-state index in [1.54, 1.807) is 24.3 Å². The Morgan fingerprint density at radius 2 is 1.57 bits per heavy atom. The number of nitrogens with zero attached hydrogens (tertiary/aromatic N) is 1. The average molecular weight is 480 g/mol. The van der Waals surface area contributed by atoms with Gasteiger partial charge in [0.15, 0.2) is 11.3 Å². The number of ether oxygens (including phenoxy) is 2. The van der Waals surface area contributed by atoms with Crippen LogP contribution in [0.2, 0.25) is 0 Å². The van der Waals surface area contributed by atoms with E-state index in [0.29, 0.717) is 12.2 Å². The molecule has 9 heteroatoms. The van der Waals surface area contributed by atoms with Crippen LogP contribution in [-0.4, -0.2) is 59.9 Å². The Hall–Kier alpha value is -3.71. The van der Waals surface area contributed by atoms with E-state index in [2.05, 4.69) is 17.2 Å². The molecule has 0 bridgehead atoms. The molecule has 0 spiro atoms. The van der Waals surface area contributed by atoms with Gasteiger partial charge in [-0.05, 0) is 62.7 Å². The number of likely N-dealkylation sites (N-methyl/N-ethyl adjacent to an activating group) is 2. The van der Waals surface area contributed by atoms with Crippen LogP contribution in [0.3, 0.4) is 0 Å². The first kappa shape index (κ1) is 25.9. The van der Waals surface area contributed by atoms with Gasteiger partial charge in [0.05, 0.1) is 6.61 Å². The molecular formula is C26H29N3O6. The quantitative estimate of drug-likeness (QED) is 0.261. The van der Waals surface area contributed by atoms with Crippen LogP contribution in [0, 0.1) is 11.8 Å². The maximum Gasteiger partial charge on any atom is 0.278 e. The lowest BCUT2D eigenvalue weighted by molar-refractivity contribution is -0.148. The van der Waals surface area contributed by atoms with Crippen molar-refractivity contribution >= 4 is 17.7 Å². The topological polar surface area (TPSA) is 117 Å². The number of hydroxylamine groups is 1. The van der Waals surface area contributed by atoms with Crippen molar-refractivity contribution in [2.45, 2.75) is 38.2 Å². The summed E-state index contributed by atoms with van der Waals surface area (Å²) in [5, 5.41) is 11.4. The molecule has 1 saturated heterocycles. The van der Waals surface area contributed by atoms with Gasteiger partial charge in [-0.1, -0.05) is 24.0 Å². The Balaban J connectivity index is 1.71. The SMILES string of the molecule is CNC(=O)[C@@](C)(C(=O)NO)N(C)C(=O)c1ccc(C#Cc2ccc(C3COC(C)(C)O3)cc2)cc1. The fraction of sp³-hybridized carbons (Fsp3) is 0.346. The van der Waals surface area contributed by atoms with Gasteiger partial charge in [0.2, 0.25) is 0 Å². The first-order chi connectivity index (χ1) is 16.5. The summed E-state index contributed by atoms with van der Waals surface area (Å²) < 4.78 is 11.5. The van der Waals surface area contributed by atoms with Crippen LogP contribution in [-0.2, 0) is 19.1 Å². The Kier molecular flexibility index (Phi) is 7.60. The predicted octanol–water partition coefficient (Wildman–Crippen LogP) is 1.99. The molecule has 3 N–H and O–H groups in total. The Bertz CT molecular complexity index is 1150. The number of benzene rings is 2. The van der Waals surface area contributed by atoms with Crippen LogP contribution in [0.4, 0.5) is 0 Å². The molecule has 1 aliphatic heterocycles. The molecule has 0 saturated carbocycles. The number of hydrogen-bond acceptors (Lipinski definition) is 6. The molecule has 0 aliphatic carbocycles. The van der Waals surface area contributed by atoms with Gasteiger partial charge in [0, 0.05) is 30.8 Å². The standard InChI is InChI=1S/C26H29N3O6/c1-25(2)34-16-21(35-25)19-12-8-17(9-13-19)6-7-18-10-14-20(15-11-18)22(30)29(5)26(3,23(31)27-4)24(32)28-33/h8-15,21,33H,16H2,1-5H3,(H,27,31)(H,28,32)/t21?,26-/m0/s1. The molecule has 2 aromatic rings. The normalized spacial score (nSPS) is 17.9. The van der Waals surface area contributed by atoms with Gasteiger partial charge < -0.3 is 19.7 Å². The largest absolute Gasteiger partial charge is 0.357 e. The second-order valence-corrected chi connectivity index (χ2v) is 8.72. The molecular weight excluding hydrogens is 450 g/mol. The highest BCUT2D eigenvalue weighted by molar-refractivity contribution is 6.12. The summed E-state index contributed by atoms with van der Waals surface area (Å²) >= 11 is 0. The first-order valence-corrected chi connectivity index (χ1v) is 11.0. The minimum Gasteiger partial charge on any atom is -0.357 e. The Morgan fingerprint density at radius 3 is 2.03 bits per heavy atom. The van der Waals surface area contributed by atoms with Crippen molar-refractivity contribution in [3.63, 3.8) is 0 Å². The molecule has 2 aromatic carbocycles. The third kappa shape index (κ3) is 5.52. The van der Waals surface area contributed by atoms with E-state index in [0.717, 1.165) is 16.0 Å². The third-order valence-corrected chi connectivity index (χ3v) is 5.96. The summed E-state index contributed by atoms with van der Waals surface area (Å²) in [4.78, 5) is 38.4. The van der Waals surface area contributed by atoms with Crippen LogP contribution in [0.1, 0.15) is 53.9 Å². The molecule has 2 atom stereocenters. The summed E-state index contributed by atoms with van der Waals surface area (Å²) in [6, 6.07) is 14.2. The van der Waals surface area contributed by atoms with Gasteiger partial charge >= 0.3 is 0 Å². The van der Waals surface area contributed by atoms with Gasteiger partial charge in [-0.3, -0.25) is 19.6 Å². The molecule has 0 radical (unpaired) electrons. The molecule has 1 aliphatic rings. The van der Waals surface area contributed by atoms with Crippen molar-refractivity contribution in [2.75, 3.05) is 20.7 Å². The van der Waals surface area contributed by atoms with Crippen LogP contribution in [0.15, 0.2) is 48.5 Å². The van der Waals surface area contributed by atoms with Crippen LogP contribution >= 0.6 is 0 Å². The fourth-order valence-corrected chi connectivity index (χ4v) is 3.63. The zero-order chi connectivity index (χ0) is 25.8. The fourth-order valence-electron chi connectivity index (χ4n) is 3.63. The minimum atomic E-state index is -1.95. The maximum atomic E-state index is 12.9. The van der Waals surface area contributed by atoms with Crippen molar-refractivity contribution in [1.82, 2.24) is 15.7 Å². The van der Waals surface area contributed by atoms with Gasteiger partial charge in [0.1, 0.15) is 6.10 Å². The lowest BCUT2D eigenvalue weighted by Gasteiger charge is -2.34. The van der Waals surface area contributed by atoms with Crippen LogP contribution < -0.4 is 10.8 Å². The molecule has 3 rings (SSSR count). The molecule has 1 heterocycles. The summed E-state index contributed by atoms with van der Waals surface area (Å²) in [5.74, 6) is 3.20. The molecule has 184 valence electrons. The maximum absolute atomic E-state index is 12.9. The van der Waals surface area contributed by atoms with E-state index in [1.807, 2.05) is 38.1 Å². The summed E-state index contributed by atoms with van der Waals surface area (Å²) in [5.41, 5.74) is 2.28. The van der Waals surface area contributed by atoms with Gasteiger partial charge in [0.25, 0.3) is 17.7 Å². The zero-order valence-electron chi connectivity index (χ0n) is 20.3. The number of carbonyl (C=O) groups is 3. The molecule has 3 amide bonds. The van der Waals surface area contributed by atoms with Crippen molar-refractivity contribution in [2.24, 2.45) is 0 Å². The van der Waals surface area contributed by atoms with Crippen molar-refractivity contribution in [1.29, 1.82) is 0 Å². The third-order valence-electron chi connectivity index (χ3n) is 5.96. The van der Waals surface area contributed by atoms with Crippen molar-refractivity contribution in [3.05, 3.63) is 70.8 Å². The molecule has 0 aromatic heterocycles. The van der Waals surface area contributed by atoms with Crippen LogP contribution in [0.25, 0.3) is 0 Å². The van der Waals surface area contributed by atoms with E-state index in [9.17, 15) is 14.4 Å². The number of amides is 3. The second-order valence-electron chi connectivity index (χ2n) is 8.72. The Morgan fingerprint density at radius 1 is 1.03 bits per heavy atom. The Labute approximate surface area is 204 Å². The summed E-state index contributed by atoms with van der Waals surface area (Å²) in [6.45, 7) is 5.52. The smallest absolute Gasteiger partial charge is 0.278 e. The average Bonchev–Trinajstić information content (AvgIpc) is 3.25. The first-order valence-electron chi connectivity index (χ1n) is 11.0. The molecule has 9 nitrogen and oxygen atoms in total. The lowest BCUT2D eigenvalue weighted by Crippen LogP contribution is -2.64. The number of rotatable bonds is 5. The molecule has 1 unspecified atom stereocenters. The van der Waals surface area contributed by atoms with Gasteiger partial charge in [-0.2, -0.15) is 0 Å². The lowest BCUT2D eigenvalue weighted by atomic mass is 9.96. The predicted molar refractivity (Wildman–Crippen MR) is 127 cm³/mol. The summed E-state index contributed by atoms with van der Waals surface area (Å²) in [7, 11) is 2.65. The molecule has 1 fully saturated rings. The van der Waals surface area contributed by atoms with E-state index < -0.39 is 29.0 Å². The van der Waals surface area contributed by atoms with E-state index >= 15 is 0 Å². The number of carbonyl (C=O) groups excluding carboxylic acids is 3. The van der Waals surface area contributed by atoms with Crippen molar-refractivity contribution < 1.29 is 29.1 Å². The van der Waals surface area contributed by atoms with Crippen molar-refractivity contribution in [3.8, 4) is 11.8 Å². The number of hydrogen-bond donors (Lipinski definition) is 3. The van der Waals surface area contributed by atoms with E-state index in [4.69, 9.17) is 14.7 Å². The van der Waals surface area contributed by atoms with E-state index in [1.165, 1.54) is 26.5 Å². The van der Waals surface area contributed by atoms with E-state index in [-0.39, 0.29) is 11.7 Å². The zero-order valence-corrected chi connectivity index (χ0v) is 20.3. The monoisotopic (exact) mass is 479 g/mol. The minimum absolute atomic E-state index is 0.107. The highest BCUT2D eigenvalue weighted by Crippen LogP contribution is 2.32. The van der Waals surface area contributed by atoms with Crippen LogP contribution in [0.5, 0.6) is 0 Å². The van der Waals surface area contributed by atoms with Gasteiger partial charge in [-0.15, -0.1) is 0 Å². The molecule has 35 heavy (non-hydrogen) atoms. The number of nitrogens with one attached hydrogen (secondary N) is 2. The second kappa shape index (κ2) is 10.3. The highest BCUT2D eigenvalue weighted by atomic mass is 16.7. The van der Waals surface area contributed by atoms with Gasteiger partial charge in [-0.25, -0.2) is 5.48 Å². The summed E-state index contributed by atoms with van der Waals surface area (Å²) in [6.07, 6.45) is -0.107. The highest BCUT2D eigenvalue weighted by Gasteiger charge is 2.47.